The zero-order valence-electron chi connectivity index (χ0n) is 14.9. The van der Waals surface area contributed by atoms with E-state index in [1.807, 2.05) is 30.6 Å². The van der Waals surface area contributed by atoms with Crippen LogP contribution in [0.4, 0.5) is 0 Å². The van der Waals surface area contributed by atoms with Crippen molar-refractivity contribution in [2.45, 2.75) is 13.8 Å². The largest absolute Gasteiger partial charge is 0.478 e. The van der Waals surface area contributed by atoms with Gasteiger partial charge in [-0.1, -0.05) is 11.6 Å². The van der Waals surface area contributed by atoms with Crippen LogP contribution >= 0.6 is 11.6 Å². The van der Waals surface area contributed by atoms with Crippen LogP contribution in [0, 0.1) is 25.2 Å². The second-order valence-corrected chi connectivity index (χ2v) is 6.41. The van der Waals surface area contributed by atoms with E-state index in [0.717, 1.165) is 11.4 Å². The Hall–Kier alpha value is -3.04. The van der Waals surface area contributed by atoms with Crippen LogP contribution in [0.15, 0.2) is 29.8 Å². The Morgan fingerprint density at radius 2 is 1.92 bits per heavy atom. The van der Waals surface area contributed by atoms with Crippen LogP contribution in [0.5, 0.6) is 0 Å². The number of carboxylic acids is 1. The van der Waals surface area contributed by atoms with Gasteiger partial charge in [-0.25, -0.2) is 4.79 Å². The molecule has 1 aromatic carbocycles. The predicted octanol–water partition coefficient (Wildman–Crippen LogP) is 3.44. The molecule has 0 radical (unpaired) electrons. The Labute approximate surface area is 156 Å². The molecule has 26 heavy (non-hydrogen) atoms. The van der Waals surface area contributed by atoms with Crippen LogP contribution in [0.3, 0.4) is 0 Å². The summed E-state index contributed by atoms with van der Waals surface area (Å²) >= 11 is 5.94. The van der Waals surface area contributed by atoms with Gasteiger partial charge in [-0.3, -0.25) is 4.79 Å². The molecule has 7 heteroatoms. The van der Waals surface area contributed by atoms with Crippen LogP contribution in [-0.4, -0.2) is 40.5 Å². The highest BCUT2D eigenvalue weighted by Crippen LogP contribution is 2.26. The lowest BCUT2D eigenvalue weighted by molar-refractivity contribution is -0.124. The number of rotatable bonds is 4. The van der Waals surface area contributed by atoms with Gasteiger partial charge in [0.2, 0.25) is 0 Å². The second kappa shape index (κ2) is 7.46. The van der Waals surface area contributed by atoms with Gasteiger partial charge in [-0.05, 0) is 49.8 Å². The van der Waals surface area contributed by atoms with E-state index in [0.29, 0.717) is 11.3 Å². The van der Waals surface area contributed by atoms with Crippen molar-refractivity contribution < 1.29 is 14.7 Å². The van der Waals surface area contributed by atoms with Gasteiger partial charge in [-0.2, -0.15) is 5.26 Å². The molecule has 2 rings (SSSR count). The first kappa shape index (κ1) is 19.3. The Bertz CT molecular complexity index is 965. The van der Waals surface area contributed by atoms with Gasteiger partial charge in [0.1, 0.15) is 11.6 Å². The highest BCUT2D eigenvalue weighted by Gasteiger charge is 2.16. The predicted molar refractivity (Wildman–Crippen MR) is 99.5 cm³/mol. The van der Waals surface area contributed by atoms with E-state index in [1.165, 1.54) is 23.1 Å². The van der Waals surface area contributed by atoms with E-state index in [1.54, 1.807) is 20.2 Å². The first-order valence-corrected chi connectivity index (χ1v) is 8.10. The second-order valence-electron chi connectivity index (χ2n) is 6.00. The average molecular weight is 372 g/mol. The minimum Gasteiger partial charge on any atom is -0.478 e. The SMILES string of the molecule is Cc1cc(/C=C(/C#N)C(=O)N(C)C)c(C)n1-c1ccc(Cl)c(C(=O)O)c1. The summed E-state index contributed by atoms with van der Waals surface area (Å²) in [5.74, 6) is -1.49. The molecule has 0 fully saturated rings. The molecule has 6 nitrogen and oxygen atoms in total. The topological polar surface area (TPSA) is 86.3 Å². The first-order chi connectivity index (χ1) is 12.2. The first-order valence-electron chi connectivity index (χ1n) is 7.73. The quantitative estimate of drug-likeness (QED) is 0.658. The molecule has 0 saturated heterocycles. The third-order valence-electron chi connectivity index (χ3n) is 3.97. The van der Waals surface area contributed by atoms with Crippen molar-refractivity contribution in [2.24, 2.45) is 0 Å². The molecule has 0 aliphatic carbocycles. The number of carbonyl (C=O) groups excluding carboxylic acids is 1. The lowest BCUT2D eigenvalue weighted by Gasteiger charge is -2.11. The highest BCUT2D eigenvalue weighted by atomic mass is 35.5. The van der Waals surface area contributed by atoms with Crippen LogP contribution in [0.1, 0.15) is 27.3 Å². The third kappa shape index (κ3) is 3.63. The maximum Gasteiger partial charge on any atom is 0.337 e. The van der Waals surface area contributed by atoms with Crippen LogP contribution in [0.2, 0.25) is 5.02 Å². The van der Waals surface area contributed by atoms with Crippen molar-refractivity contribution in [3.05, 3.63) is 57.4 Å². The van der Waals surface area contributed by atoms with Gasteiger partial charge in [0, 0.05) is 31.2 Å². The molecule has 2 aromatic rings. The van der Waals surface area contributed by atoms with E-state index in [2.05, 4.69) is 0 Å². The Balaban J connectivity index is 2.59. The molecule has 1 N–H and O–H groups in total. The van der Waals surface area contributed by atoms with E-state index in [4.69, 9.17) is 11.6 Å². The number of hydrogen-bond donors (Lipinski definition) is 1. The molecule has 0 saturated carbocycles. The number of amides is 1. The number of halogens is 1. The molecule has 0 atom stereocenters. The summed E-state index contributed by atoms with van der Waals surface area (Å²) in [5, 5.41) is 18.7. The fraction of sp³-hybridized carbons (Fsp3) is 0.211. The zero-order valence-corrected chi connectivity index (χ0v) is 15.6. The summed E-state index contributed by atoms with van der Waals surface area (Å²) in [7, 11) is 3.16. The smallest absolute Gasteiger partial charge is 0.337 e. The molecule has 0 spiro atoms. The summed E-state index contributed by atoms with van der Waals surface area (Å²) in [5.41, 5.74) is 2.99. The van der Waals surface area contributed by atoms with E-state index in [-0.39, 0.29) is 22.1 Å². The number of benzene rings is 1. The number of carbonyl (C=O) groups is 2. The third-order valence-corrected chi connectivity index (χ3v) is 4.30. The molecule has 1 heterocycles. The minimum atomic E-state index is -1.11. The van der Waals surface area contributed by atoms with Gasteiger partial charge < -0.3 is 14.6 Å². The van der Waals surface area contributed by atoms with Crippen LogP contribution < -0.4 is 0 Å². The maximum absolute atomic E-state index is 12.1. The molecule has 0 aliphatic rings. The molecule has 1 amide bonds. The normalized spacial score (nSPS) is 11.2. The summed E-state index contributed by atoms with van der Waals surface area (Å²) in [6, 6.07) is 8.51. The number of carboxylic acid groups (broad SMARTS) is 1. The molecule has 0 bridgehead atoms. The standard InChI is InChI=1S/C19H18ClN3O3/c1-11-7-13(8-14(10-21)18(24)22(3)4)12(2)23(11)15-5-6-17(20)16(9-15)19(25)26/h5-9H,1-4H3,(H,25,26)/b14-8-. The van der Waals surface area contributed by atoms with Crippen LogP contribution in [-0.2, 0) is 4.79 Å². The molecule has 134 valence electrons. The van der Waals surface area contributed by atoms with Crippen molar-refractivity contribution in [2.75, 3.05) is 14.1 Å². The van der Waals surface area contributed by atoms with Gasteiger partial charge in [-0.15, -0.1) is 0 Å². The zero-order chi connectivity index (χ0) is 19.6. The molecule has 0 unspecified atom stereocenters. The summed E-state index contributed by atoms with van der Waals surface area (Å²) in [6.07, 6.45) is 1.54. The molecule has 0 aliphatic heterocycles. The van der Waals surface area contributed by atoms with Crippen molar-refractivity contribution >= 4 is 29.6 Å². The number of aromatic carboxylic acids is 1. The Morgan fingerprint density at radius 3 is 2.46 bits per heavy atom. The molecular weight excluding hydrogens is 354 g/mol. The highest BCUT2D eigenvalue weighted by molar-refractivity contribution is 6.33. The minimum absolute atomic E-state index is 0.00857. The maximum atomic E-state index is 12.1. The summed E-state index contributed by atoms with van der Waals surface area (Å²) < 4.78 is 1.85. The summed E-state index contributed by atoms with van der Waals surface area (Å²) in [4.78, 5) is 24.7. The van der Waals surface area contributed by atoms with Gasteiger partial charge in [0.05, 0.1) is 10.6 Å². The average Bonchev–Trinajstić information content (AvgIpc) is 2.86. The van der Waals surface area contributed by atoms with E-state index >= 15 is 0 Å². The lowest BCUT2D eigenvalue weighted by atomic mass is 10.1. The van der Waals surface area contributed by atoms with Gasteiger partial charge in [0.25, 0.3) is 5.91 Å². The summed E-state index contributed by atoms with van der Waals surface area (Å²) in [6.45, 7) is 3.70. The Kier molecular flexibility index (Phi) is 5.53. The van der Waals surface area contributed by atoms with Gasteiger partial charge >= 0.3 is 5.97 Å². The molecular formula is C19H18ClN3O3. The van der Waals surface area contributed by atoms with Crippen molar-refractivity contribution in [3.8, 4) is 11.8 Å². The number of nitrogens with zero attached hydrogens (tertiary/aromatic N) is 3. The van der Waals surface area contributed by atoms with Crippen molar-refractivity contribution in [1.29, 1.82) is 5.26 Å². The fourth-order valence-electron chi connectivity index (χ4n) is 2.69. The Morgan fingerprint density at radius 1 is 1.27 bits per heavy atom. The molecule has 1 aromatic heterocycles. The number of hydrogen-bond acceptors (Lipinski definition) is 3. The van der Waals surface area contributed by atoms with E-state index < -0.39 is 5.97 Å². The van der Waals surface area contributed by atoms with Crippen molar-refractivity contribution in [3.63, 3.8) is 0 Å². The van der Waals surface area contributed by atoms with Crippen LogP contribution in [0.25, 0.3) is 11.8 Å². The lowest BCUT2D eigenvalue weighted by Crippen LogP contribution is -2.22. The number of aromatic nitrogens is 1. The van der Waals surface area contributed by atoms with E-state index in [9.17, 15) is 20.0 Å². The van der Waals surface area contributed by atoms with Crippen molar-refractivity contribution in [1.82, 2.24) is 9.47 Å². The number of likely N-dealkylation sites (N-methyl/N-ethyl adjacent to an activating group) is 1. The number of aryl methyl sites for hydroxylation is 1. The number of nitriles is 1. The van der Waals surface area contributed by atoms with Gasteiger partial charge in [0.15, 0.2) is 0 Å². The monoisotopic (exact) mass is 371 g/mol. The fourth-order valence-corrected chi connectivity index (χ4v) is 2.88.